The number of hydrogen-bond donors (Lipinski definition) is 1. The van der Waals surface area contributed by atoms with Gasteiger partial charge in [0.05, 0.1) is 0 Å². The molecule has 1 unspecified atom stereocenters. The van der Waals surface area contributed by atoms with Gasteiger partial charge in [0.15, 0.2) is 0 Å². The highest BCUT2D eigenvalue weighted by Gasteiger charge is 2.20. The predicted molar refractivity (Wildman–Crippen MR) is 72.6 cm³/mol. The number of hydrogen-bond acceptors (Lipinski definition) is 1. The van der Waals surface area contributed by atoms with Crippen LogP contribution in [0.25, 0.3) is 0 Å². The van der Waals surface area contributed by atoms with E-state index in [0.29, 0.717) is 5.92 Å². The molecule has 1 aromatic carbocycles. The third-order valence-corrected chi connectivity index (χ3v) is 3.99. The van der Waals surface area contributed by atoms with Crippen molar-refractivity contribution in [2.75, 3.05) is 6.54 Å². The molecule has 1 atom stereocenters. The maximum atomic E-state index is 12.9. The Kier molecular flexibility index (Phi) is 4.57. The maximum Gasteiger partial charge on any atom is 0.124 e. The van der Waals surface area contributed by atoms with Gasteiger partial charge in [-0.3, -0.25) is 0 Å². The lowest BCUT2D eigenvalue weighted by Crippen LogP contribution is -2.23. The average Bonchev–Trinajstić information content (AvgIpc) is 3.09. The van der Waals surface area contributed by atoms with E-state index in [0.717, 1.165) is 29.9 Å². The van der Waals surface area contributed by atoms with Gasteiger partial charge in [-0.15, -0.1) is 0 Å². The van der Waals surface area contributed by atoms with E-state index in [1.54, 1.807) is 6.07 Å². The largest absolute Gasteiger partial charge is 0.314 e. The fourth-order valence-electron chi connectivity index (χ4n) is 1.88. The van der Waals surface area contributed by atoms with Crippen molar-refractivity contribution in [3.8, 4) is 0 Å². The van der Waals surface area contributed by atoms with Crippen molar-refractivity contribution in [1.29, 1.82) is 0 Å². The Bertz CT molecular complexity index is 376. The fraction of sp³-hybridized carbons (Fsp3) is 0.571. The van der Waals surface area contributed by atoms with E-state index >= 15 is 0 Å². The third-order valence-electron chi connectivity index (χ3n) is 3.25. The van der Waals surface area contributed by atoms with Crippen LogP contribution >= 0.6 is 15.9 Å². The minimum absolute atomic E-state index is 0.177. The van der Waals surface area contributed by atoms with E-state index in [1.807, 2.05) is 6.07 Å². The molecule has 1 aliphatic carbocycles. The molecule has 0 radical (unpaired) electrons. The number of nitrogens with one attached hydrogen (secondary N) is 1. The van der Waals surface area contributed by atoms with Gasteiger partial charge in [0.2, 0.25) is 0 Å². The number of benzene rings is 1. The van der Waals surface area contributed by atoms with Gasteiger partial charge in [-0.05, 0) is 55.8 Å². The lowest BCUT2D eigenvalue weighted by atomic mass is 10.0. The molecule has 0 amide bonds. The van der Waals surface area contributed by atoms with Gasteiger partial charge in [-0.1, -0.05) is 28.9 Å². The monoisotopic (exact) mass is 299 g/mol. The predicted octanol–water partition coefficient (Wildman–Crippen LogP) is 3.91. The van der Waals surface area contributed by atoms with Crippen molar-refractivity contribution in [3.05, 3.63) is 34.1 Å². The highest BCUT2D eigenvalue weighted by Crippen LogP contribution is 2.22. The lowest BCUT2D eigenvalue weighted by molar-refractivity contribution is 0.479. The highest BCUT2D eigenvalue weighted by molar-refractivity contribution is 9.10. The standard InChI is InChI=1S/C14H19BrFN/c1-10(9-17-13-6-7-13)2-3-11-4-5-12(16)8-14(11)15/h4-5,8,10,13,17H,2-3,6-7,9H2,1H3. The summed E-state index contributed by atoms with van der Waals surface area (Å²) in [5.41, 5.74) is 1.20. The molecule has 0 aromatic heterocycles. The molecule has 2 rings (SSSR count). The minimum atomic E-state index is -0.177. The SMILES string of the molecule is CC(CCc1ccc(F)cc1Br)CNC1CC1. The van der Waals surface area contributed by atoms with Crippen LogP contribution in [0.2, 0.25) is 0 Å². The van der Waals surface area contributed by atoms with E-state index in [2.05, 4.69) is 28.2 Å². The fourth-order valence-corrected chi connectivity index (χ4v) is 2.43. The van der Waals surface area contributed by atoms with Gasteiger partial charge in [-0.25, -0.2) is 4.39 Å². The molecule has 3 heteroatoms. The molecule has 1 N–H and O–H groups in total. The zero-order chi connectivity index (χ0) is 12.3. The van der Waals surface area contributed by atoms with E-state index in [4.69, 9.17) is 0 Å². The Hall–Kier alpha value is -0.410. The first-order valence-corrected chi connectivity index (χ1v) is 7.12. The topological polar surface area (TPSA) is 12.0 Å². The molecule has 1 aliphatic rings. The Morgan fingerprint density at radius 3 is 2.88 bits per heavy atom. The molecule has 0 spiro atoms. The normalized spacial score (nSPS) is 17.1. The Labute approximate surface area is 111 Å². The Morgan fingerprint density at radius 1 is 1.47 bits per heavy atom. The molecule has 94 valence electrons. The first-order valence-electron chi connectivity index (χ1n) is 6.32. The van der Waals surface area contributed by atoms with Crippen LogP contribution in [0.3, 0.4) is 0 Å². The second-order valence-corrected chi connectivity index (χ2v) is 5.92. The molecule has 1 aromatic rings. The number of aryl methyl sites for hydroxylation is 1. The van der Waals surface area contributed by atoms with Gasteiger partial charge in [0.25, 0.3) is 0 Å². The first kappa shape index (κ1) is 13.0. The van der Waals surface area contributed by atoms with Crippen LogP contribution in [0.15, 0.2) is 22.7 Å². The molecule has 0 aliphatic heterocycles. The molecule has 0 bridgehead atoms. The van der Waals surface area contributed by atoms with Gasteiger partial charge >= 0.3 is 0 Å². The quantitative estimate of drug-likeness (QED) is 0.840. The minimum Gasteiger partial charge on any atom is -0.314 e. The van der Waals surface area contributed by atoms with E-state index in [9.17, 15) is 4.39 Å². The van der Waals surface area contributed by atoms with E-state index < -0.39 is 0 Å². The zero-order valence-corrected chi connectivity index (χ0v) is 11.8. The van der Waals surface area contributed by atoms with E-state index in [-0.39, 0.29) is 5.82 Å². The summed E-state index contributed by atoms with van der Waals surface area (Å²) >= 11 is 3.41. The van der Waals surface area contributed by atoms with E-state index in [1.165, 1.54) is 24.5 Å². The summed E-state index contributed by atoms with van der Waals surface area (Å²) in [6, 6.07) is 5.74. The summed E-state index contributed by atoms with van der Waals surface area (Å²) in [4.78, 5) is 0. The molecular weight excluding hydrogens is 281 g/mol. The van der Waals surface area contributed by atoms with Crippen LogP contribution in [0.1, 0.15) is 31.7 Å². The number of halogens is 2. The van der Waals surface area contributed by atoms with Crippen LogP contribution < -0.4 is 5.32 Å². The summed E-state index contributed by atoms with van der Waals surface area (Å²) < 4.78 is 13.8. The number of rotatable bonds is 6. The summed E-state index contributed by atoms with van der Waals surface area (Å²) in [6.45, 7) is 3.37. The van der Waals surface area contributed by atoms with Crippen LogP contribution in [0.5, 0.6) is 0 Å². The molecule has 0 saturated heterocycles. The Morgan fingerprint density at radius 2 is 2.24 bits per heavy atom. The summed E-state index contributed by atoms with van der Waals surface area (Å²) in [5.74, 6) is 0.497. The molecule has 17 heavy (non-hydrogen) atoms. The highest BCUT2D eigenvalue weighted by atomic mass is 79.9. The summed E-state index contributed by atoms with van der Waals surface area (Å²) in [7, 11) is 0. The van der Waals surface area contributed by atoms with Crippen molar-refractivity contribution in [2.24, 2.45) is 5.92 Å². The lowest BCUT2D eigenvalue weighted by Gasteiger charge is -2.12. The Balaban J connectivity index is 1.75. The average molecular weight is 300 g/mol. The molecule has 1 fully saturated rings. The smallest absolute Gasteiger partial charge is 0.124 e. The van der Waals surface area contributed by atoms with Gasteiger partial charge in [0.1, 0.15) is 5.82 Å². The van der Waals surface area contributed by atoms with Crippen LogP contribution in [-0.2, 0) is 6.42 Å². The third kappa shape index (κ3) is 4.40. The zero-order valence-electron chi connectivity index (χ0n) is 10.2. The van der Waals surface area contributed by atoms with Crippen molar-refractivity contribution >= 4 is 15.9 Å². The van der Waals surface area contributed by atoms with Crippen LogP contribution in [0, 0.1) is 11.7 Å². The molecular formula is C14H19BrFN. The van der Waals surface area contributed by atoms with Gasteiger partial charge in [-0.2, -0.15) is 0 Å². The second kappa shape index (κ2) is 5.96. The van der Waals surface area contributed by atoms with Crippen molar-refractivity contribution in [1.82, 2.24) is 5.32 Å². The first-order chi connectivity index (χ1) is 8.15. The molecule has 1 nitrogen and oxygen atoms in total. The van der Waals surface area contributed by atoms with Crippen molar-refractivity contribution in [2.45, 2.75) is 38.6 Å². The van der Waals surface area contributed by atoms with Crippen molar-refractivity contribution in [3.63, 3.8) is 0 Å². The molecule has 0 heterocycles. The summed E-state index contributed by atoms with van der Waals surface area (Å²) in [6.07, 6.45) is 4.84. The van der Waals surface area contributed by atoms with Gasteiger partial charge in [0, 0.05) is 10.5 Å². The maximum absolute atomic E-state index is 12.9. The molecule has 1 saturated carbocycles. The van der Waals surface area contributed by atoms with Crippen molar-refractivity contribution < 1.29 is 4.39 Å². The van der Waals surface area contributed by atoms with Crippen LogP contribution in [0.4, 0.5) is 4.39 Å². The second-order valence-electron chi connectivity index (χ2n) is 5.06. The summed E-state index contributed by atoms with van der Waals surface area (Å²) in [5, 5.41) is 3.54. The van der Waals surface area contributed by atoms with Crippen LogP contribution in [-0.4, -0.2) is 12.6 Å². The van der Waals surface area contributed by atoms with Gasteiger partial charge < -0.3 is 5.32 Å².